The topological polar surface area (TPSA) is 38.0 Å². The molecule has 0 aromatic heterocycles. The maximum absolute atomic E-state index is 12.6. The van der Waals surface area contributed by atoms with E-state index in [9.17, 15) is 17.6 Å². The van der Waals surface area contributed by atoms with Crippen LogP contribution in [0.4, 0.5) is 17.6 Å². The van der Waals surface area contributed by atoms with Gasteiger partial charge in [-0.2, -0.15) is 8.78 Å². The smallest absolute Gasteiger partial charge is 0.319 e. The lowest BCUT2D eigenvalue weighted by molar-refractivity contribution is -0.125. The molecular formula is C10H18F4N2. The average Bonchev–Trinajstić information content (AvgIpc) is 2.46. The van der Waals surface area contributed by atoms with Crippen LogP contribution < -0.4 is 11.1 Å². The van der Waals surface area contributed by atoms with E-state index in [4.69, 9.17) is 5.73 Å². The Kier molecular flexibility index (Phi) is 4.17. The third-order valence-electron chi connectivity index (χ3n) is 3.37. The summed E-state index contributed by atoms with van der Waals surface area (Å²) >= 11 is 0. The first-order valence-corrected chi connectivity index (χ1v) is 5.40. The van der Waals surface area contributed by atoms with Crippen LogP contribution in [0.15, 0.2) is 0 Å². The van der Waals surface area contributed by atoms with Gasteiger partial charge in [-0.3, -0.25) is 0 Å². The Labute approximate surface area is 92.6 Å². The van der Waals surface area contributed by atoms with Gasteiger partial charge in [-0.1, -0.05) is 13.3 Å². The summed E-state index contributed by atoms with van der Waals surface area (Å²) in [5.41, 5.74) is 5.60. The number of rotatable bonds is 5. The van der Waals surface area contributed by atoms with Crippen molar-refractivity contribution in [3.05, 3.63) is 0 Å². The molecule has 0 aromatic carbocycles. The summed E-state index contributed by atoms with van der Waals surface area (Å²) < 4.78 is 48.9. The first-order chi connectivity index (χ1) is 7.28. The Morgan fingerprint density at radius 1 is 1.50 bits per heavy atom. The fourth-order valence-corrected chi connectivity index (χ4v) is 2.07. The monoisotopic (exact) mass is 242 g/mol. The van der Waals surface area contributed by atoms with E-state index in [1.165, 1.54) is 0 Å². The second-order valence-corrected chi connectivity index (χ2v) is 4.82. The van der Waals surface area contributed by atoms with Gasteiger partial charge < -0.3 is 11.1 Å². The minimum absolute atomic E-state index is 0.0415. The summed E-state index contributed by atoms with van der Waals surface area (Å²) in [7, 11) is 0. The van der Waals surface area contributed by atoms with Gasteiger partial charge in [0.15, 0.2) is 0 Å². The van der Waals surface area contributed by atoms with Crippen LogP contribution in [0.2, 0.25) is 0 Å². The molecule has 6 heteroatoms. The lowest BCUT2D eigenvalue weighted by Gasteiger charge is -2.30. The Morgan fingerprint density at radius 2 is 2.12 bits per heavy atom. The fraction of sp³-hybridized carbons (Fsp3) is 1.00. The first kappa shape index (κ1) is 13.7. The predicted molar refractivity (Wildman–Crippen MR) is 53.8 cm³/mol. The van der Waals surface area contributed by atoms with E-state index < -0.39 is 18.9 Å². The van der Waals surface area contributed by atoms with Crippen LogP contribution in [0.3, 0.4) is 0 Å². The van der Waals surface area contributed by atoms with E-state index in [1.807, 2.05) is 6.92 Å². The SMILES string of the molecule is CC1(CNCC(F)(F)C(F)F)CCCC1N. The Balaban J connectivity index is 2.35. The highest BCUT2D eigenvalue weighted by Gasteiger charge is 2.42. The summed E-state index contributed by atoms with van der Waals surface area (Å²) in [6, 6.07) is -0.0415. The van der Waals surface area contributed by atoms with Crippen LogP contribution >= 0.6 is 0 Å². The molecule has 1 saturated carbocycles. The van der Waals surface area contributed by atoms with Gasteiger partial charge in [0.05, 0.1) is 6.54 Å². The highest BCUT2D eigenvalue weighted by Crippen LogP contribution is 2.36. The second kappa shape index (κ2) is 4.87. The molecule has 0 amide bonds. The molecule has 0 aromatic rings. The van der Waals surface area contributed by atoms with Crippen molar-refractivity contribution >= 4 is 0 Å². The van der Waals surface area contributed by atoms with E-state index in [-0.39, 0.29) is 18.0 Å². The summed E-state index contributed by atoms with van der Waals surface area (Å²) in [5, 5.41) is 2.41. The van der Waals surface area contributed by atoms with Gasteiger partial charge in [-0.15, -0.1) is 0 Å². The van der Waals surface area contributed by atoms with Crippen molar-refractivity contribution in [3.63, 3.8) is 0 Å². The van der Waals surface area contributed by atoms with Gasteiger partial charge in [0.25, 0.3) is 0 Å². The van der Waals surface area contributed by atoms with Crippen molar-refractivity contribution in [1.29, 1.82) is 0 Å². The van der Waals surface area contributed by atoms with Crippen LogP contribution in [0.25, 0.3) is 0 Å². The van der Waals surface area contributed by atoms with Gasteiger partial charge in [-0.05, 0) is 18.3 Å². The van der Waals surface area contributed by atoms with Crippen LogP contribution in [-0.2, 0) is 0 Å². The minimum Gasteiger partial charge on any atom is -0.327 e. The maximum Gasteiger partial charge on any atom is 0.319 e. The molecule has 3 N–H and O–H groups in total. The van der Waals surface area contributed by atoms with Gasteiger partial charge >= 0.3 is 12.3 Å². The first-order valence-electron chi connectivity index (χ1n) is 5.40. The molecule has 0 saturated heterocycles. The summed E-state index contributed by atoms with van der Waals surface area (Å²) in [5.74, 6) is -3.96. The molecule has 16 heavy (non-hydrogen) atoms. The molecule has 1 aliphatic rings. The highest BCUT2D eigenvalue weighted by molar-refractivity contribution is 4.93. The number of halogens is 4. The fourth-order valence-electron chi connectivity index (χ4n) is 2.07. The van der Waals surface area contributed by atoms with Crippen LogP contribution in [0.1, 0.15) is 26.2 Å². The largest absolute Gasteiger partial charge is 0.327 e. The van der Waals surface area contributed by atoms with Crippen molar-refractivity contribution in [3.8, 4) is 0 Å². The van der Waals surface area contributed by atoms with E-state index in [0.29, 0.717) is 0 Å². The normalized spacial score (nSPS) is 31.3. The zero-order valence-electron chi connectivity index (χ0n) is 9.28. The molecule has 0 heterocycles. The summed E-state index contributed by atoms with van der Waals surface area (Å²) in [6.45, 7) is 1.17. The van der Waals surface area contributed by atoms with E-state index in [2.05, 4.69) is 5.32 Å². The molecule has 1 aliphatic carbocycles. The molecule has 0 aliphatic heterocycles. The number of hydrogen-bond donors (Lipinski definition) is 2. The zero-order valence-corrected chi connectivity index (χ0v) is 9.28. The Morgan fingerprint density at radius 3 is 2.56 bits per heavy atom. The molecule has 0 spiro atoms. The van der Waals surface area contributed by atoms with Crippen molar-refractivity contribution < 1.29 is 17.6 Å². The van der Waals surface area contributed by atoms with Gasteiger partial charge in [0, 0.05) is 12.6 Å². The van der Waals surface area contributed by atoms with Gasteiger partial charge in [0.2, 0.25) is 0 Å². The van der Waals surface area contributed by atoms with Crippen molar-refractivity contribution in [1.82, 2.24) is 5.32 Å². The number of alkyl halides is 4. The molecule has 2 nitrogen and oxygen atoms in total. The van der Waals surface area contributed by atoms with Crippen molar-refractivity contribution in [2.24, 2.45) is 11.1 Å². The zero-order chi connectivity index (χ0) is 12.4. The Bertz CT molecular complexity index is 235. The molecule has 2 atom stereocenters. The van der Waals surface area contributed by atoms with Gasteiger partial charge in [0.1, 0.15) is 0 Å². The van der Waals surface area contributed by atoms with Crippen LogP contribution in [0.5, 0.6) is 0 Å². The third kappa shape index (κ3) is 3.07. The molecule has 1 rings (SSSR count). The molecule has 0 radical (unpaired) electrons. The molecule has 0 bridgehead atoms. The van der Waals surface area contributed by atoms with Crippen LogP contribution in [0, 0.1) is 5.41 Å². The molecule has 1 fully saturated rings. The highest BCUT2D eigenvalue weighted by atomic mass is 19.3. The molecular weight excluding hydrogens is 224 g/mol. The number of hydrogen-bond acceptors (Lipinski definition) is 2. The molecule has 2 unspecified atom stereocenters. The lowest BCUT2D eigenvalue weighted by Crippen LogP contribution is -2.46. The standard InChI is InChI=1S/C10H18F4N2/c1-9(4-2-3-7(9)15)5-16-6-10(13,14)8(11)12/h7-8,16H,2-6,15H2,1H3. The van der Waals surface area contributed by atoms with Gasteiger partial charge in [-0.25, -0.2) is 8.78 Å². The van der Waals surface area contributed by atoms with Crippen LogP contribution in [-0.4, -0.2) is 31.5 Å². The molecule has 96 valence electrons. The lowest BCUT2D eigenvalue weighted by atomic mass is 9.85. The third-order valence-corrected chi connectivity index (χ3v) is 3.37. The average molecular weight is 242 g/mol. The van der Waals surface area contributed by atoms with E-state index in [1.54, 1.807) is 0 Å². The van der Waals surface area contributed by atoms with Crippen molar-refractivity contribution in [2.75, 3.05) is 13.1 Å². The maximum atomic E-state index is 12.6. The number of nitrogens with one attached hydrogen (secondary N) is 1. The number of nitrogens with two attached hydrogens (primary N) is 1. The minimum atomic E-state index is -3.96. The van der Waals surface area contributed by atoms with E-state index in [0.717, 1.165) is 19.3 Å². The quantitative estimate of drug-likeness (QED) is 0.724. The Hall–Kier alpha value is -0.360. The summed E-state index contributed by atoms with van der Waals surface area (Å²) in [4.78, 5) is 0. The predicted octanol–water partition coefficient (Wildman–Crippen LogP) is 1.99. The van der Waals surface area contributed by atoms with Crippen molar-refractivity contribution in [2.45, 2.75) is 44.6 Å². The second-order valence-electron chi connectivity index (χ2n) is 4.82. The summed E-state index contributed by atoms with van der Waals surface area (Å²) in [6.07, 6.45) is -0.944. The van der Waals surface area contributed by atoms with E-state index >= 15 is 0 Å².